The van der Waals surface area contributed by atoms with E-state index in [4.69, 9.17) is 0 Å². The van der Waals surface area contributed by atoms with Gasteiger partial charge in [-0.15, -0.1) is 0 Å². The molecule has 0 aliphatic carbocycles. The zero-order valence-corrected chi connectivity index (χ0v) is 11.0. The number of anilines is 1. The van der Waals surface area contributed by atoms with E-state index >= 15 is 0 Å². The Morgan fingerprint density at radius 2 is 1.88 bits per heavy atom. The van der Waals surface area contributed by atoms with Crippen LogP contribution in [0.5, 0.6) is 0 Å². The molecule has 1 rings (SSSR count). The third kappa shape index (κ3) is 4.10. The molecular weight excluding hydrogens is 212 g/mol. The molecule has 3 heteroatoms. The maximum absolute atomic E-state index is 12.0. The summed E-state index contributed by atoms with van der Waals surface area (Å²) in [6.07, 6.45) is 2.00. The fourth-order valence-electron chi connectivity index (χ4n) is 1.59. The van der Waals surface area contributed by atoms with Gasteiger partial charge < -0.3 is 10.6 Å². The van der Waals surface area contributed by atoms with Crippen LogP contribution in [0.25, 0.3) is 0 Å². The summed E-state index contributed by atoms with van der Waals surface area (Å²) >= 11 is 0. The van der Waals surface area contributed by atoms with E-state index in [1.54, 1.807) is 0 Å². The van der Waals surface area contributed by atoms with Crippen molar-refractivity contribution in [2.75, 3.05) is 18.4 Å². The molecule has 1 aromatic carbocycles. The van der Waals surface area contributed by atoms with E-state index in [1.807, 2.05) is 32.0 Å². The van der Waals surface area contributed by atoms with Gasteiger partial charge in [-0.1, -0.05) is 25.5 Å². The highest BCUT2D eigenvalue weighted by Gasteiger charge is 2.10. The minimum Gasteiger partial charge on any atom is -0.384 e. The monoisotopic (exact) mass is 234 g/mol. The fourth-order valence-corrected chi connectivity index (χ4v) is 1.59. The quantitative estimate of drug-likeness (QED) is 0.794. The van der Waals surface area contributed by atoms with Gasteiger partial charge in [0.15, 0.2) is 0 Å². The lowest BCUT2D eigenvalue weighted by molar-refractivity contribution is 0.0954. The maximum atomic E-state index is 12.0. The number of amides is 1. The first-order valence-corrected chi connectivity index (χ1v) is 6.31. The van der Waals surface area contributed by atoms with Crippen LogP contribution in [0.2, 0.25) is 0 Å². The summed E-state index contributed by atoms with van der Waals surface area (Å²) in [7, 11) is 0. The summed E-state index contributed by atoms with van der Waals surface area (Å²) in [6, 6.07) is 5.93. The number of carbonyl (C=O) groups is 1. The van der Waals surface area contributed by atoms with Crippen molar-refractivity contribution in [3.63, 3.8) is 0 Å². The van der Waals surface area contributed by atoms with Crippen LogP contribution < -0.4 is 10.6 Å². The van der Waals surface area contributed by atoms with E-state index in [0.717, 1.165) is 42.7 Å². The second kappa shape index (κ2) is 6.94. The van der Waals surface area contributed by atoms with Crippen LogP contribution in [0.4, 0.5) is 5.69 Å². The highest BCUT2D eigenvalue weighted by Crippen LogP contribution is 2.17. The van der Waals surface area contributed by atoms with E-state index in [9.17, 15) is 4.79 Å². The smallest absolute Gasteiger partial charge is 0.253 e. The van der Waals surface area contributed by atoms with Crippen molar-refractivity contribution >= 4 is 11.6 Å². The van der Waals surface area contributed by atoms with Gasteiger partial charge in [0, 0.05) is 18.8 Å². The minimum absolute atomic E-state index is 0.00848. The van der Waals surface area contributed by atoms with E-state index in [0.29, 0.717) is 0 Å². The SMILES string of the molecule is CCCNC(=O)c1cc(C)ccc1NCCC. The largest absolute Gasteiger partial charge is 0.384 e. The second-order valence-corrected chi connectivity index (χ2v) is 4.23. The molecule has 1 amide bonds. The van der Waals surface area contributed by atoms with Gasteiger partial charge in [-0.2, -0.15) is 0 Å². The average Bonchev–Trinajstić information content (AvgIpc) is 2.34. The van der Waals surface area contributed by atoms with Gasteiger partial charge >= 0.3 is 0 Å². The Morgan fingerprint density at radius 3 is 2.53 bits per heavy atom. The molecule has 1 aromatic rings. The first-order chi connectivity index (χ1) is 8.19. The predicted octanol–water partition coefficient (Wildman–Crippen LogP) is 2.96. The van der Waals surface area contributed by atoms with Gasteiger partial charge in [0.2, 0.25) is 0 Å². The van der Waals surface area contributed by atoms with Crippen molar-refractivity contribution in [1.29, 1.82) is 0 Å². The molecule has 0 aliphatic heterocycles. The first kappa shape index (κ1) is 13.6. The molecule has 3 nitrogen and oxygen atoms in total. The molecule has 0 radical (unpaired) electrons. The number of aryl methyl sites for hydroxylation is 1. The zero-order valence-electron chi connectivity index (χ0n) is 11.0. The Bertz CT molecular complexity index is 374. The fraction of sp³-hybridized carbons (Fsp3) is 0.500. The third-order valence-corrected chi connectivity index (χ3v) is 2.52. The Hall–Kier alpha value is -1.51. The molecule has 0 spiro atoms. The van der Waals surface area contributed by atoms with Crippen LogP contribution in [-0.2, 0) is 0 Å². The second-order valence-electron chi connectivity index (χ2n) is 4.23. The summed E-state index contributed by atoms with van der Waals surface area (Å²) in [6.45, 7) is 7.77. The van der Waals surface area contributed by atoms with E-state index in [1.165, 1.54) is 0 Å². The predicted molar refractivity (Wildman–Crippen MR) is 72.6 cm³/mol. The van der Waals surface area contributed by atoms with Crippen LogP contribution in [0.15, 0.2) is 18.2 Å². The highest BCUT2D eigenvalue weighted by molar-refractivity contribution is 5.99. The number of rotatable bonds is 6. The Labute approximate surface area is 104 Å². The van der Waals surface area contributed by atoms with Crippen LogP contribution in [0.1, 0.15) is 42.6 Å². The number of hydrogen-bond acceptors (Lipinski definition) is 2. The van der Waals surface area contributed by atoms with Gasteiger partial charge in [0.25, 0.3) is 5.91 Å². The number of benzene rings is 1. The molecule has 0 saturated carbocycles. The lowest BCUT2D eigenvalue weighted by Crippen LogP contribution is -2.25. The molecule has 2 N–H and O–H groups in total. The molecule has 0 fully saturated rings. The van der Waals surface area contributed by atoms with Crippen molar-refractivity contribution in [1.82, 2.24) is 5.32 Å². The normalized spacial score (nSPS) is 10.1. The molecular formula is C14H22N2O. The van der Waals surface area contributed by atoms with E-state index in [-0.39, 0.29) is 5.91 Å². The topological polar surface area (TPSA) is 41.1 Å². The van der Waals surface area contributed by atoms with Crippen molar-refractivity contribution in [3.05, 3.63) is 29.3 Å². The van der Waals surface area contributed by atoms with Gasteiger partial charge in [-0.05, 0) is 31.9 Å². The highest BCUT2D eigenvalue weighted by atomic mass is 16.1. The maximum Gasteiger partial charge on any atom is 0.253 e. The van der Waals surface area contributed by atoms with Gasteiger partial charge in [-0.25, -0.2) is 0 Å². The van der Waals surface area contributed by atoms with Crippen molar-refractivity contribution in [2.45, 2.75) is 33.6 Å². The molecule has 94 valence electrons. The molecule has 0 aliphatic rings. The summed E-state index contributed by atoms with van der Waals surface area (Å²) in [5, 5.41) is 6.20. The summed E-state index contributed by atoms with van der Waals surface area (Å²) < 4.78 is 0. The average molecular weight is 234 g/mol. The molecule has 0 saturated heterocycles. The van der Waals surface area contributed by atoms with E-state index in [2.05, 4.69) is 17.6 Å². The number of nitrogens with one attached hydrogen (secondary N) is 2. The molecule has 0 bridgehead atoms. The summed E-state index contributed by atoms with van der Waals surface area (Å²) in [5.74, 6) is 0.00848. The van der Waals surface area contributed by atoms with Crippen molar-refractivity contribution in [2.24, 2.45) is 0 Å². The van der Waals surface area contributed by atoms with Gasteiger partial charge in [-0.3, -0.25) is 4.79 Å². The summed E-state index contributed by atoms with van der Waals surface area (Å²) in [5.41, 5.74) is 2.77. The van der Waals surface area contributed by atoms with Crippen molar-refractivity contribution < 1.29 is 4.79 Å². The Kier molecular flexibility index (Phi) is 5.53. The van der Waals surface area contributed by atoms with E-state index < -0.39 is 0 Å². The van der Waals surface area contributed by atoms with Crippen LogP contribution in [0, 0.1) is 6.92 Å². The molecule has 0 aromatic heterocycles. The zero-order chi connectivity index (χ0) is 12.7. The summed E-state index contributed by atoms with van der Waals surface area (Å²) in [4.78, 5) is 12.0. The molecule has 0 heterocycles. The van der Waals surface area contributed by atoms with Crippen LogP contribution in [-0.4, -0.2) is 19.0 Å². The van der Waals surface area contributed by atoms with Crippen LogP contribution in [0.3, 0.4) is 0 Å². The van der Waals surface area contributed by atoms with Crippen molar-refractivity contribution in [3.8, 4) is 0 Å². The molecule has 17 heavy (non-hydrogen) atoms. The lowest BCUT2D eigenvalue weighted by Gasteiger charge is -2.12. The first-order valence-electron chi connectivity index (χ1n) is 6.31. The van der Waals surface area contributed by atoms with Crippen LogP contribution >= 0.6 is 0 Å². The van der Waals surface area contributed by atoms with Gasteiger partial charge in [0.05, 0.1) is 5.56 Å². The lowest BCUT2D eigenvalue weighted by atomic mass is 10.1. The molecule has 0 atom stereocenters. The number of hydrogen-bond donors (Lipinski definition) is 2. The standard InChI is InChI=1S/C14H22N2O/c1-4-8-15-13-7-6-11(3)10-12(13)14(17)16-9-5-2/h6-7,10,15H,4-5,8-9H2,1-3H3,(H,16,17). The molecule has 0 unspecified atom stereocenters. The minimum atomic E-state index is 0.00848. The number of carbonyl (C=O) groups excluding carboxylic acids is 1. The Balaban J connectivity index is 2.85. The Morgan fingerprint density at radius 1 is 1.18 bits per heavy atom. The third-order valence-electron chi connectivity index (χ3n) is 2.52. The van der Waals surface area contributed by atoms with Gasteiger partial charge in [0.1, 0.15) is 0 Å².